The van der Waals surface area contributed by atoms with Gasteiger partial charge >= 0.3 is 0 Å². The second-order valence-corrected chi connectivity index (χ2v) is 5.96. The summed E-state index contributed by atoms with van der Waals surface area (Å²) in [5, 5.41) is 1.86. The number of rotatable bonds is 1. The van der Waals surface area contributed by atoms with E-state index >= 15 is 0 Å². The monoisotopic (exact) mass is 324 g/mol. The van der Waals surface area contributed by atoms with Crippen molar-refractivity contribution in [2.45, 2.75) is 6.92 Å². The van der Waals surface area contributed by atoms with Crippen LogP contribution in [0.25, 0.3) is 42.9 Å². The smallest absolute Gasteiger partial charge is 0.236 e. The maximum atomic E-state index is 7.46. The lowest BCUT2D eigenvalue weighted by atomic mass is 9.97. The van der Waals surface area contributed by atoms with E-state index < -0.39 is 0 Å². The van der Waals surface area contributed by atoms with Crippen molar-refractivity contribution in [2.24, 2.45) is 7.05 Å². The van der Waals surface area contributed by atoms with Crippen LogP contribution in [0.4, 0.5) is 11.4 Å². The van der Waals surface area contributed by atoms with Crippen molar-refractivity contribution in [1.29, 1.82) is 0 Å². The van der Waals surface area contributed by atoms with Crippen LogP contribution in [-0.2, 0) is 7.05 Å². The first-order chi connectivity index (χ1) is 12.2. The molecule has 4 heteroatoms. The third-order valence-electron chi connectivity index (χ3n) is 4.51. The van der Waals surface area contributed by atoms with E-state index in [4.69, 9.17) is 17.6 Å². The Kier molecular flexibility index (Phi) is 3.27. The van der Waals surface area contributed by atoms with Crippen molar-refractivity contribution >= 4 is 33.3 Å². The van der Waals surface area contributed by atoms with Crippen molar-refractivity contribution in [2.75, 3.05) is 0 Å². The molecular formula is C21H14N3O+. The SMILES string of the molecule is [C-]#[N+]c1ccc2c(oc3ccc(C)c(-c4cccc[n+]4C)c32)c1[N+]#[C-]. The Balaban J connectivity index is 2.23. The summed E-state index contributed by atoms with van der Waals surface area (Å²) in [5.74, 6) is 0. The minimum absolute atomic E-state index is 0.282. The topological polar surface area (TPSA) is 25.7 Å². The number of pyridine rings is 1. The van der Waals surface area contributed by atoms with Gasteiger partial charge in [0, 0.05) is 22.9 Å². The number of benzene rings is 2. The largest absolute Gasteiger partial charge is 0.469 e. The Morgan fingerprint density at radius 1 is 1.00 bits per heavy atom. The molecule has 0 saturated heterocycles. The molecule has 118 valence electrons. The van der Waals surface area contributed by atoms with Crippen LogP contribution in [-0.4, -0.2) is 0 Å². The van der Waals surface area contributed by atoms with Crippen molar-refractivity contribution < 1.29 is 8.98 Å². The Labute approximate surface area is 145 Å². The highest BCUT2D eigenvalue weighted by molar-refractivity contribution is 6.16. The van der Waals surface area contributed by atoms with Gasteiger partial charge in [0.15, 0.2) is 11.9 Å². The number of hydrogen-bond donors (Lipinski definition) is 0. The summed E-state index contributed by atoms with van der Waals surface area (Å²) in [4.78, 5) is 6.99. The molecule has 0 radical (unpaired) electrons. The van der Waals surface area contributed by atoms with E-state index in [0.717, 1.165) is 33.2 Å². The Hall–Kier alpha value is -3.63. The second kappa shape index (κ2) is 5.47. The summed E-state index contributed by atoms with van der Waals surface area (Å²) in [6, 6.07) is 13.6. The zero-order valence-electron chi connectivity index (χ0n) is 13.9. The van der Waals surface area contributed by atoms with Gasteiger partial charge in [-0.1, -0.05) is 18.2 Å². The Bertz CT molecular complexity index is 1240. The molecule has 0 aliphatic carbocycles. The van der Waals surface area contributed by atoms with Crippen LogP contribution in [0.1, 0.15) is 5.56 Å². The average Bonchev–Trinajstić information content (AvgIpc) is 3.00. The van der Waals surface area contributed by atoms with Crippen LogP contribution in [0.15, 0.2) is 53.1 Å². The van der Waals surface area contributed by atoms with Gasteiger partial charge in [0.1, 0.15) is 18.2 Å². The molecule has 0 saturated carbocycles. The quantitative estimate of drug-likeness (QED) is 0.336. The summed E-state index contributed by atoms with van der Waals surface area (Å²) in [5.41, 5.74) is 5.12. The third-order valence-corrected chi connectivity index (χ3v) is 4.51. The maximum absolute atomic E-state index is 7.46. The fourth-order valence-corrected chi connectivity index (χ4v) is 3.32. The second-order valence-electron chi connectivity index (χ2n) is 5.96. The van der Waals surface area contributed by atoms with Gasteiger partial charge < -0.3 is 4.42 Å². The molecule has 2 heterocycles. The lowest BCUT2D eigenvalue weighted by Gasteiger charge is -2.06. The predicted octanol–water partition coefficient (Wildman–Crippen LogP) is 5.49. The molecule has 0 spiro atoms. The number of hydrogen-bond acceptors (Lipinski definition) is 1. The first-order valence-electron chi connectivity index (χ1n) is 7.84. The zero-order chi connectivity index (χ0) is 17.6. The molecule has 0 aliphatic heterocycles. The van der Waals surface area contributed by atoms with Gasteiger partial charge in [-0.25, -0.2) is 14.3 Å². The van der Waals surface area contributed by atoms with E-state index in [1.54, 1.807) is 6.07 Å². The summed E-state index contributed by atoms with van der Waals surface area (Å²) in [6.45, 7) is 16.8. The van der Waals surface area contributed by atoms with Crippen LogP contribution in [0.3, 0.4) is 0 Å². The highest BCUT2D eigenvalue weighted by atomic mass is 16.3. The Morgan fingerprint density at radius 3 is 2.56 bits per heavy atom. The van der Waals surface area contributed by atoms with E-state index in [1.807, 2.05) is 43.6 Å². The predicted molar refractivity (Wildman–Crippen MR) is 97.6 cm³/mol. The number of aromatic nitrogens is 1. The van der Waals surface area contributed by atoms with E-state index in [-0.39, 0.29) is 5.69 Å². The summed E-state index contributed by atoms with van der Waals surface area (Å²) < 4.78 is 8.08. The van der Waals surface area contributed by atoms with E-state index in [2.05, 4.69) is 27.2 Å². The van der Waals surface area contributed by atoms with E-state index in [1.165, 1.54) is 0 Å². The molecule has 0 aliphatic rings. The zero-order valence-corrected chi connectivity index (χ0v) is 13.9. The fraction of sp³-hybridized carbons (Fsp3) is 0.0952. The van der Waals surface area contributed by atoms with Crippen molar-refractivity contribution in [3.05, 3.63) is 77.1 Å². The summed E-state index contributed by atoms with van der Waals surface area (Å²) in [7, 11) is 2.01. The van der Waals surface area contributed by atoms with Crippen LogP contribution in [0.5, 0.6) is 0 Å². The summed E-state index contributed by atoms with van der Waals surface area (Å²) in [6.07, 6.45) is 2.01. The lowest BCUT2D eigenvalue weighted by molar-refractivity contribution is -0.660. The van der Waals surface area contributed by atoms with Crippen LogP contribution >= 0.6 is 0 Å². The molecule has 2 aromatic heterocycles. The van der Waals surface area contributed by atoms with Gasteiger partial charge in [0.2, 0.25) is 11.4 Å². The number of fused-ring (bicyclic) bond motifs is 3. The van der Waals surface area contributed by atoms with Crippen molar-refractivity contribution in [3.8, 4) is 11.3 Å². The molecule has 0 bridgehead atoms. The highest BCUT2D eigenvalue weighted by Gasteiger charge is 2.22. The lowest BCUT2D eigenvalue weighted by Crippen LogP contribution is -2.30. The molecule has 0 N–H and O–H groups in total. The standard InChI is InChI=1S/C21H14N3O/c1-13-8-11-17-19(18(13)16-7-5-6-12-24(16)4)14-9-10-15(22-2)20(23-3)21(14)25-17/h5-12H,1,4H3/q+1. The van der Waals surface area contributed by atoms with E-state index in [0.29, 0.717) is 11.3 Å². The summed E-state index contributed by atoms with van der Waals surface area (Å²) >= 11 is 0. The number of aryl methyl sites for hydroxylation is 2. The number of nitrogens with zero attached hydrogens (tertiary/aromatic N) is 3. The minimum Gasteiger partial charge on any atom is -0.469 e. The first kappa shape index (κ1) is 14.9. The van der Waals surface area contributed by atoms with Gasteiger partial charge in [0.25, 0.3) is 0 Å². The van der Waals surface area contributed by atoms with Crippen LogP contribution in [0, 0.1) is 20.1 Å². The average molecular weight is 324 g/mol. The van der Waals surface area contributed by atoms with Gasteiger partial charge in [-0.15, -0.1) is 0 Å². The molecular weight excluding hydrogens is 310 g/mol. The van der Waals surface area contributed by atoms with Crippen molar-refractivity contribution in [3.63, 3.8) is 0 Å². The van der Waals surface area contributed by atoms with Gasteiger partial charge in [0.05, 0.1) is 18.7 Å². The van der Waals surface area contributed by atoms with Crippen molar-refractivity contribution in [1.82, 2.24) is 0 Å². The minimum atomic E-state index is 0.282. The van der Waals surface area contributed by atoms with E-state index in [9.17, 15) is 0 Å². The van der Waals surface area contributed by atoms with Gasteiger partial charge in [-0.2, -0.15) is 0 Å². The van der Waals surface area contributed by atoms with Gasteiger partial charge in [-0.05, 0) is 24.6 Å². The Morgan fingerprint density at radius 2 is 1.84 bits per heavy atom. The normalized spacial score (nSPS) is 10.7. The third kappa shape index (κ3) is 2.09. The molecule has 0 atom stereocenters. The highest BCUT2D eigenvalue weighted by Crippen LogP contribution is 2.44. The fourth-order valence-electron chi connectivity index (χ4n) is 3.32. The molecule has 0 fully saturated rings. The molecule has 0 amide bonds. The molecule has 0 unspecified atom stereocenters. The molecule has 25 heavy (non-hydrogen) atoms. The maximum Gasteiger partial charge on any atom is 0.236 e. The van der Waals surface area contributed by atoms with Crippen LogP contribution < -0.4 is 4.57 Å². The number of furan rings is 1. The molecule has 2 aromatic carbocycles. The molecule has 4 aromatic rings. The van der Waals surface area contributed by atoms with Crippen LogP contribution in [0.2, 0.25) is 0 Å². The molecule has 4 rings (SSSR count). The van der Waals surface area contributed by atoms with Gasteiger partial charge in [-0.3, -0.25) is 0 Å². The first-order valence-corrected chi connectivity index (χ1v) is 7.84. The molecule has 4 nitrogen and oxygen atoms in total.